The first-order valence-corrected chi connectivity index (χ1v) is 17.0. The second kappa shape index (κ2) is 14.9. The number of imide groups is 1. The van der Waals surface area contributed by atoms with E-state index in [1.165, 1.54) is 18.2 Å². The van der Waals surface area contributed by atoms with Crippen LogP contribution in [0.1, 0.15) is 42.4 Å². The van der Waals surface area contributed by atoms with Crippen molar-refractivity contribution in [1.29, 1.82) is 10.8 Å². The Morgan fingerprint density at radius 1 is 0.902 bits per heavy atom. The van der Waals surface area contributed by atoms with E-state index in [1.807, 2.05) is 24.3 Å². The SMILES string of the molecule is N=C(N)/C(=C\C(=N)c1ccccc1O)c1ccc(N2CCN(C3CCN(c4ccc(NC5CCC(=O)NC5=O)cc4C(F)(F)F)CC3)CC2)cc1. The Balaban J connectivity index is 1.04. The lowest BCUT2D eigenvalue weighted by Gasteiger charge is -2.44. The third kappa shape index (κ3) is 8.17. The Morgan fingerprint density at radius 3 is 2.22 bits per heavy atom. The summed E-state index contributed by atoms with van der Waals surface area (Å²) in [6.07, 6.45) is -1.28. The van der Waals surface area contributed by atoms with E-state index in [4.69, 9.17) is 16.6 Å². The van der Waals surface area contributed by atoms with Gasteiger partial charge in [0.2, 0.25) is 11.8 Å². The van der Waals surface area contributed by atoms with Gasteiger partial charge >= 0.3 is 6.18 Å². The molecule has 0 radical (unpaired) electrons. The van der Waals surface area contributed by atoms with Gasteiger partial charge in [0.25, 0.3) is 0 Å². The minimum absolute atomic E-state index is 0.0230. The molecular formula is C37H41F3N8O3. The number of amidine groups is 1. The summed E-state index contributed by atoms with van der Waals surface area (Å²) in [6.45, 7) is 4.18. The zero-order valence-corrected chi connectivity index (χ0v) is 28.0. The maximum absolute atomic E-state index is 14.2. The number of phenolic OH excluding ortho intramolecular Hbond substituents is 1. The molecule has 11 nitrogen and oxygen atoms in total. The highest BCUT2D eigenvalue weighted by Gasteiger charge is 2.37. The van der Waals surface area contributed by atoms with E-state index in [9.17, 15) is 27.9 Å². The normalized spacial score (nSPS) is 19.5. The summed E-state index contributed by atoms with van der Waals surface area (Å²) in [4.78, 5) is 30.1. The molecular weight excluding hydrogens is 661 g/mol. The number of anilines is 3. The predicted molar refractivity (Wildman–Crippen MR) is 192 cm³/mol. The fraction of sp³-hybridized carbons (Fsp3) is 0.351. The quantitative estimate of drug-likeness (QED) is 0.105. The van der Waals surface area contributed by atoms with Crippen molar-refractivity contribution in [1.82, 2.24) is 10.2 Å². The Hall–Kier alpha value is -5.37. The maximum atomic E-state index is 14.2. The van der Waals surface area contributed by atoms with E-state index in [0.29, 0.717) is 29.8 Å². The van der Waals surface area contributed by atoms with Gasteiger partial charge in [-0.1, -0.05) is 24.3 Å². The molecule has 3 heterocycles. The largest absolute Gasteiger partial charge is 0.507 e. The predicted octanol–water partition coefficient (Wildman–Crippen LogP) is 4.81. The lowest BCUT2D eigenvalue weighted by Crippen LogP contribution is -2.53. The first-order chi connectivity index (χ1) is 24.4. The Kier molecular flexibility index (Phi) is 10.3. The number of hydrogen-bond donors (Lipinski definition) is 6. The van der Waals surface area contributed by atoms with Gasteiger partial charge in [0.15, 0.2) is 0 Å². The first-order valence-electron chi connectivity index (χ1n) is 17.0. The molecule has 268 valence electrons. The molecule has 0 aliphatic carbocycles. The molecule has 0 saturated carbocycles. The van der Waals surface area contributed by atoms with Crippen molar-refractivity contribution in [2.45, 2.75) is 43.9 Å². The Labute approximate surface area is 293 Å². The number of carbonyl (C=O) groups excluding carboxylic acids is 2. The highest BCUT2D eigenvalue weighted by molar-refractivity contribution is 6.27. The third-order valence-corrected chi connectivity index (χ3v) is 9.83. The molecule has 0 spiro atoms. The van der Waals surface area contributed by atoms with Gasteiger partial charge in [-0.2, -0.15) is 13.2 Å². The van der Waals surface area contributed by atoms with Gasteiger partial charge in [-0.15, -0.1) is 0 Å². The summed E-state index contributed by atoms with van der Waals surface area (Å²) in [5.74, 6) is -1.14. The number of piperidine rings is 2. The van der Waals surface area contributed by atoms with Crippen LogP contribution in [0.3, 0.4) is 0 Å². The highest BCUT2D eigenvalue weighted by atomic mass is 19.4. The van der Waals surface area contributed by atoms with Gasteiger partial charge in [-0.05, 0) is 73.4 Å². The van der Waals surface area contributed by atoms with Gasteiger partial charge < -0.3 is 31.4 Å². The number of benzene rings is 3. The summed E-state index contributed by atoms with van der Waals surface area (Å²) >= 11 is 0. The summed E-state index contributed by atoms with van der Waals surface area (Å²) < 4.78 is 42.7. The number of halogens is 3. The van der Waals surface area contributed by atoms with Crippen LogP contribution in [0.2, 0.25) is 0 Å². The van der Waals surface area contributed by atoms with Gasteiger partial charge in [0.05, 0.1) is 11.3 Å². The molecule has 0 aromatic heterocycles. The van der Waals surface area contributed by atoms with E-state index in [-0.39, 0.29) is 53.5 Å². The number of para-hydroxylation sites is 1. The van der Waals surface area contributed by atoms with Crippen molar-refractivity contribution in [3.63, 3.8) is 0 Å². The summed E-state index contributed by atoms with van der Waals surface area (Å²) in [5.41, 5.74) is 7.91. The van der Waals surface area contributed by atoms with Crippen LogP contribution in [0.15, 0.2) is 72.8 Å². The van der Waals surface area contributed by atoms with Crippen LogP contribution in [-0.4, -0.2) is 84.7 Å². The van der Waals surface area contributed by atoms with E-state index in [2.05, 4.69) is 20.4 Å². The van der Waals surface area contributed by atoms with E-state index in [1.54, 1.807) is 29.2 Å². The average molecular weight is 703 g/mol. The number of nitrogens with two attached hydrogens (primary N) is 1. The molecule has 0 bridgehead atoms. The number of alkyl halides is 3. The number of nitrogens with one attached hydrogen (secondary N) is 4. The topological polar surface area (TPSA) is 162 Å². The number of allylic oxidation sites excluding steroid dienone is 1. The molecule has 14 heteroatoms. The number of carbonyl (C=O) groups is 2. The van der Waals surface area contributed by atoms with Crippen LogP contribution < -0.4 is 26.2 Å². The molecule has 2 amide bonds. The third-order valence-electron chi connectivity index (χ3n) is 9.83. The number of amides is 2. The molecule has 3 aliphatic rings. The average Bonchev–Trinajstić information content (AvgIpc) is 3.12. The second-order valence-corrected chi connectivity index (χ2v) is 13.1. The molecule has 6 rings (SSSR count). The molecule has 3 saturated heterocycles. The van der Waals surface area contributed by atoms with Crippen molar-refractivity contribution in [3.05, 3.63) is 89.5 Å². The summed E-state index contributed by atoms with van der Waals surface area (Å²) in [5, 5.41) is 31.7. The minimum Gasteiger partial charge on any atom is -0.507 e. The number of aromatic hydroxyl groups is 1. The number of nitrogens with zero attached hydrogens (tertiary/aromatic N) is 3. The monoisotopic (exact) mass is 702 g/mol. The van der Waals surface area contributed by atoms with Crippen molar-refractivity contribution < 1.29 is 27.9 Å². The lowest BCUT2D eigenvalue weighted by molar-refractivity contribution is -0.137. The zero-order valence-electron chi connectivity index (χ0n) is 28.0. The Morgan fingerprint density at radius 2 is 1.59 bits per heavy atom. The lowest BCUT2D eigenvalue weighted by atomic mass is 9.99. The van der Waals surface area contributed by atoms with Crippen LogP contribution in [0.5, 0.6) is 5.75 Å². The number of hydrogen-bond acceptors (Lipinski definition) is 9. The van der Waals surface area contributed by atoms with Crippen molar-refractivity contribution in [2.24, 2.45) is 5.73 Å². The molecule has 51 heavy (non-hydrogen) atoms. The molecule has 1 atom stereocenters. The zero-order chi connectivity index (χ0) is 36.3. The molecule has 3 aromatic rings. The number of piperazine rings is 1. The molecule has 7 N–H and O–H groups in total. The minimum atomic E-state index is -4.58. The van der Waals surface area contributed by atoms with E-state index >= 15 is 0 Å². The fourth-order valence-corrected chi connectivity index (χ4v) is 7.07. The van der Waals surface area contributed by atoms with Crippen LogP contribution >= 0.6 is 0 Å². The molecule has 3 aliphatic heterocycles. The van der Waals surface area contributed by atoms with Crippen molar-refractivity contribution in [3.8, 4) is 5.75 Å². The number of phenols is 1. The van der Waals surface area contributed by atoms with E-state index < -0.39 is 23.7 Å². The highest BCUT2D eigenvalue weighted by Crippen LogP contribution is 2.40. The van der Waals surface area contributed by atoms with Crippen LogP contribution in [-0.2, 0) is 15.8 Å². The van der Waals surface area contributed by atoms with Crippen LogP contribution in [0.4, 0.5) is 30.2 Å². The summed E-state index contributed by atoms with van der Waals surface area (Å²) in [7, 11) is 0. The first kappa shape index (κ1) is 35.5. The molecule has 1 unspecified atom stereocenters. The van der Waals surface area contributed by atoms with Gasteiger partial charge in [-0.3, -0.25) is 25.2 Å². The van der Waals surface area contributed by atoms with E-state index in [0.717, 1.165) is 50.8 Å². The summed E-state index contributed by atoms with van der Waals surface area (Å²) in [6, 6.07) is 17.8. The fourth-order valence-electron chi connectivity index (χ4n) is 7.07. The standard InChI is InChI=1S/C37H41F3N8O3/c38-37(39,40)29-21-24(44-31-10-12-34(50)45-36(31)51)7-11-32(29)48-15-13-26(14-16-48)47-19-17-46(18-20-47)25-8-5-23(6-9-25)28(35(42)43)22-30(41)27-3-1-2-4-33(27)49/h1-9,11,21-22,26,31,41,44,49H,10,12-20H2,(H3,42,43)(H,45,50,51)/b28-22-,41-30?. The van der Waals surface area contributed by atoms with Crippen LogP contribution in [0, 0.1) is 10.8 Å². The molecule has 3 fully saturated rings. The number of rotatable bonds is 9. The van der Waals surface area contributed by atoms with Crippen molar-refractivity contribution >= 4 is 46.0 Å². The molecule has 3 aromatic carbocycles. The maximum Gasteiger partial charge on any atom is 0.418 e. The van der Waals surface area contributed by atoms with Gasteiger partial charge in [0.1, 0.15) is 17.6 Å². The smallest absolute Gasteiger partial charge is 0.418 e. The second-order valence-electron chi connectivity index (χ2n) is 13.1. The van der Waals surface area contributed by atoms with Crippen LogP contribution in [0.25, 0.3) is 5.57 Å². The van der Waals surface area contributed by atoms with Crippen molar-refractivity contribution in [2.75, 3.05) is 54.4 Å². The Bertz CT molecular complexity index is 1830. The van der Waals surface area contributed by atoms with Gasteiger partial charge in [0, 0.05) is 79.9 Å². The van der Waals surface area contributed by atoms with Gasteiger partial charge in [-0.25, -0.2) is 0 Å².